The largest absolute Gasteiger partial charge is 0.354 e. The van der Waals surface area contributed by atoms with Gasteiger partial charge in [0.05, 0.1) is 6.54 Å². The molecule has 2 rings (SSSR count). The van der Waals surface area contributed by atoms with Crippen LogP contribution in [0.15, 0.2) is 30.3 Å². The van der Waals surface area contributed by atoms with Crippen molar-refractivity contribution < 1.29 is 4.79 Å². The van der Waals surface area contributed by atoms with Gasteiger partial charge >= 0.3 is 0 Å². The second-order valence-electron chi connectivity index (χ2n) is 5.87. The molecule has 3 heteroatoms. The van der Waals surface area contributed by atoms with Crippen LogP contribution in [-0.4, -0.2) is 38.0 Å². The molecular weight excluding hydrogens is 236 g/mol. The van der Waals surface area contributed by atoms with E-state index in [0.717, 1.165) is 6.54 Å². The standard InChI is InChI=1S/C16H24N2O/c1-18(2)12-15(19)17-13-16(10-6-7-11-16)14-8-4-3-5-9-14/h3-5,8-9H,6-7,10-13H2,1-2H3,(H,17,19). The summed E-state index contributed by atoms with van der Waals surface area (Å²) < 4.78 is 0. The van der Waals surface area contributed by atoms with Crippen molar-refractivity contribution in [2.75, 3.05) is 27.2 Å². The number of hydrogen-bond acceptors (Lipinski definition) is 2. The summed E-state index contributed by atoms with van der Waals surface area (Å²) in [4.78, 5) is 13.7. The van der Waals surface area contributed by atoms with Crippen LogP contribution in [0.4, 0.5) is 0 Å². The molecule has 1 N–H and O–H groups in total. The fourth-order valence-electron chi connectivity index (χ4n) is 3.02. The molecule has 0 unspecified atom stereocenters. The lowest BCUT2D eigenvalue weighted by Crippen LogP contribution is -2.42. The average Bonchev–Trinajstić information content (AvgIpc) is 2.87. The van der Waals surface area contributed by atoms with E-state index in [4.69, 9.17) is 0 Å². The Labute approximate surface area is 116 Å². The molecule has 3 nitrogen and oxygen atoms in total. The topological polar surface area (TPSA) is 32.3 Å². The maximum atomic E-state index is 11.8. The smallest absolute Gasteiger partial charge is 0.234 e. The molecule has 1 aliphatic rings. The fourth-order valence-corrected chi connectivity index (χ4v) is 3.02. The summed E-state index contributed by atoms with van der Waals surface area (Å²) in [5.74, 6) is 0.118. The summed E-state index contributed by atoms with van der Waals surface area (Å²) in [6.07, 6.45) is 4.88. The molecular formula is C16H24N2O. The minimum atomic E-state index is 0.118. The molecule has 1 amide bonds. The zero-order chi connectivity index (χ0) is 13.7. The lowest BCUT2D eigenvalue weighted by atomic mass is 9.79. The van der Waals surface area contributed by atoms with E-state index in [-0.39, 0.29) is 11.3 Å². The monoisotopic (exact) mass is 260 g/mol. The van der Waals surface area contributed by atoms with Crippen molar-refractivity contribution in [1.82, 2.24) is 10.2 Å². The van der Waals surface area contributed by atoms with Crippen LogP contribution in [0.3, 0.4) is 0 Å². The second kappa shape index (κ2) is 6.20. The van der Waals surface area contributed by atoms with E-state index in [9.17, 15) is 4.79 Å². The number of carbonyl (C=O) groups excluding carboxylic acids is 1. The van der Waals surface area contributed by atoms with Crippen molar-refractivity contribution in [3.05, 3.63) is 35.9 Å². The summed E-state index contributed by atoms with van der Waals surface area (Å²) in [7, 11) is 3.84. The van der Waals surface area contributed by atoms with Crippen LogP contribution in [-0.2, 0) is 10.2 Å². The number of hydrogen-bond donors (Lipinski definition) is 1. The van der Waals surface area contributed by atoms with E-state index in [2.05, 4.69) is 35.6 Å². The molecule has 0 aromatic heterocycles. The van der Waals surface area contributed by atoms with E-state index in [1.54, 1.807) is 0 Å². The van der Waals surface area contributed by atoms with Crippen molar-refractivity contribution >= 4 is 5.91 Å². The summed E-state index contributed by atoms with van der Waals surface area (Å²) in [6, 6.07) is 10.6. The van der Waals surface area contributed by atoms with Crippen molar-refractivity contribution in [1.29, 1.82) is 0 Å². The van der Waals surface area contributed by atoms with Gasteiger partial charge in [0.25, 0.3) is 0 Å². The van der Waals surface area contributed by atoms with Crippen LogP contribution >= 0.6 is 0 Å². The molecule has 0 spiro atoms. The first kappa shape index (κ1) is 14.1. The molecule has 1 aromatic rings. The number of amides is 1. The third kappa shape index (κ3) is 3.57. The molecule has 0 bridgehead atoms. The number of carbonyl (C=O) groups is 1. The fraction of sp³-hybridized carbons (Fsp3) is 0.562. The van der Waals surface area contributed by atoms with Crippen molar-refractivity contribution in [2.45, 2.75) is 31.1 Å². The third-order valence-electron chi connectivity index (χ3n) is 4.03. The van der Waals surface area contributed by atoms with E-state index in [0.29, 0.717) is 6.54 Å². The number of nitrogens with one attached hydrogen (secondary N) is 1. The van der Waals surface area contributed by atoms with Crippen molar-refractivity contribution in [3.8, 4) is 0 Å². The van der Waals surface area contributed by atoms with Crippen LogP contribution in [0.5, 0.6) is 0 Å². The molecule has 104 valence electrons. The number of nitrogens with zero attached hydrogens (tertiary/aromatic N) is 1. The van der Waals surface area contributed by atoms with Gasteiger partial charge < -0.3 is 10.2 Å². The average molecular weight is 260 g/mol. The Kier molecular flexibility index (Phi) is 4.59. The zero-order valence-corrected chi connectivity index (χ0v) is 12.0. The molecule has 0 heterocycles. The summed E-state index contributed by atoms with van der Waals surface area (Å²) in [6.45, 7) is 1.23. The second-order valence-corrected chi connectivity index (χ2v) is 5.87. The first-order valence-corrected chi connectivity index (χ1v) is 7.09. The molecule has 19 heavy (non-hydrogen) atoms. The molecule has 0 atom stereocenters. The Balaban J connectivity index is 2.03. The van der Waals surface area contributed by atoms with Gasteiger partial charge in [0.1, 0.15) is 0 Å². The highest BCUT2D eigenvalue weighted by Gasteiger charge is 2.35. The molecule has 1 aromatic carbocycles. The summed E-state index contributed by atoms with van der Waals surface area (Å²) in [5, 5.41) is 3.11. The van der Waals surface area contributed by atoms with Gasteiger partial charge in [-0.1, -0.05) is 43.2 Å². The van der Waals surface area contributed by atoms with E-state index < -0.39 is 0 Å². The van der Waals surface area contributed by atoms with Gasteiger partial charge in [-0.2, -0.15) is 0 Å². The Morgan fingerprint density at radius 2 is 1.84 bits per heavy atom. The van der Waals surface area contributed by atoms with Gasteiger partial charge in [0, 0.05) is 12.0 Å². The van der Waals surface area contributed by atoms with Gasteiger partial charge in [0.2, 0.25) is 5.91 Å². The molecule has 0 saturated heterocycles. The number of rotatable bonds is 5. The van der Waals surface area contributed by atoms with Crippen LogP contribution < -0.4 is 5.32 Å². The SMILES string of the molecule is CN(C)CC(=O)NCC1(c2ccccc2)CCCC1. The minimum absolute atomic E-state index is 0.118. The van der Waals surface area contributed by atoms with Gasteiger partial charge in [-0.15, -0.1) is 0 Å². The predicted molar refractivity (Wildman–Crippen MR) is 78.2 cm³/mol. The van der Waals surface area contributed by atoms with E-state index >= 15 is 0 Å². The van der Waals surface area contributed by atoms with Crippen LogP contribution in [0.2, 0.25) is 0 Å². The highest BCUT2D eigenvalue weighted by Crippen LogP contribution is 2.40. The summed E-state index contributed by atoms with van der Waals surface area (Å²) >= 11 is 0. The van der Waals surface area contributed by atoms with Gasteiger partial charge in [-0.3, -0.25) is 4.79 Å². The molecule has 0 radical (unpaired) electrons. The number of benzene rings is 1. The zero-order valence-electron chi connectivity index (χ0n) is 12.0. The predicted octanol–water partition coefficient (Wildman–Crippen LogP) is 2.18. The Hall–Kier alpha value is -1.35. The first-order valence-electron chi connectivity index (χ1n) is 7.09. The highest BCUT2D eigenvalue weighted by molar-refractivity contribution is 5.78. The Morgan fingerprint density at radius 3 is 2.42 bits per heavy atom. The maximum Gasteiger partial charge on any atom is 0.234 e. The molecule has 0 aliphatic heterocycles. The van der Waals surface area contributed by atoms with Crippen molar-refractivity contribution in [2.24, 2.45) is 0 Å². The first-order chi connectivity index (χ1) is 9.12. The number of likely N-dealkylation sites (N-methyl/N-ethyl adjacent to an activating group) is 1. The van der Waals surface area contributed by atoms with E-state index in [1.807, 2.05) is 19.0 Å². The third-order valence-corrected chi connectivity index (χ3v) is 4.03. The van der Waals surface area contributed by atoms with E-state index in [1.165, 1.54) is 31.2 Å². The van der Waals surface area contributed by atoms with Crippen LogP contribution in [0.1, 0.15) is 31.2 Å². The minimum Gasteiger partial charge on any atom is -0.354 e. The summed E-state index contributed by atoms with van der Waals surface area (Å²) in [5.41, 5.74) is 1.53. The lowest BCUT2D eigenvalue weighted by Gasteiger charge is -2.30. The van der Waals surface area contributed by atoms with Gasteiger partial charge in [-0.05, 0) is 32.5 Å². The quantitative estimate of drug-likeness (QED) is 0.880. The normalized spacial score (nSPS) is 17.6. The Bertz CT molecular complexity index is 408. The highest BCUT2D eigenvalue weighted by atomic mass is 16.2. The van der Waals surface area contributed by atoms with Crippen LogP contribution in [0.25, 0.3) is 0 Å². The van der Waals surface area contributed by atoms with Crippen molar-refractivity contribution in [3.63, 3.8) is 0 Å². The molecule has 1 fully saturated rings. The van der Waals surface area contributed by atoms with Crippen LogP contribution in [0, 0.1) is 0 Å². The molecule has 1 aliphatic carbocycles. The van der Waals surface area contributed by atoms with Gasteiger partial charge in [-0.25, -0.2) is 0 Å². The molecule has 1 saturated carbocycles. The lowest BCUT2D eigenvalue weighted by molar-refractivity contribution is -0.121. The maximum absolute atomic E-state index is 11.8. The van der Waals surface area contributed by atoms with Gasteiger partial charge in [0.15, 0.2) is 0 Å². The Morgan fingerprint density at radius 1 is 1.21 bits per heavy atom.